The summed E-state index contributed by atoms with van der Waals surface area (Å²) >= 11 is 0. The van der Waals surface area contributed by atoms with Gasteiger partial charge in [-0.15, -0.1) is 0 Å². The Balaban J connectivity index is 2.54. The van der Waals surface area contributed by atoms with Crippen molar-refractivity contribution >= 4 is 5.97 Å². The van der Waals surface area contributed by atoms with Crippen molar-refractivity contribution in [2.24, 2.45) is 0 Å². The van der Waals surface area contributed by atoms with Crippen LogP contribution in [0, 0.1) is 0 Å². The van der Waals surface area contributed by atoms with E-state index >= 15 is 0 Å². The molecule has 0 bridgehead atoms. The van der Waals surface area contributed by atoms with E-state index in [1.807, 2.05) is 18.5 Å². The van der Waals surface area contributed by atoms with Gasteiger partial charge in [0, 0.05) is 17.3 Å². The van der Waals surface area contributed by atoms with Gasteiger partial charge < -0.3 is 5.11 Å². The van der Waals surface area contributed by atoms with Crippen molar-refractivity contribution in [3.63, 3.8) is 0 Å². The lowest BCUT2D eigenvalue weighted by Gasteiger charge is -2.15. The Morgan fingerprint density at radius 2 is 2.07 bits per heavy atom. The Kier molecular flexibility index (Phi) is 2.50. The van der Waals surface area contributed by atoms with E-state index in [1.54, 1.807) is 0 Å². The molecule has 0 aromatic carbocycles. The third-order valence-electron chi connectivity index (χ3n) is 2.90. The first-order valence-corrected chi connectivity index (χ1v) is 5.44. The highest BCUT2D eigenvalue weighted by atomic mass is 16.4. The standard InChI is InChI=1S/C11H16N2O2/c1-7(2)13-9-6-4-3-5-8(9)10(12-13)11(14)15/h7H,3-6H2,1-2H3,(H,14,15). The number of carboxylic acids is 1. The summed E-state index contributed by atoms with van der Waals surface area (Å²) in [6.45, 7) is 4.07. The van der Waals surface area contributed by atoms with Gasteiger partial charge in [-0.25, -0.2) is 4.79 Å². The molecule has 0 amide bonds. The first-order chi connectivity index (χ1) is 7.11. The summed E-state index contributed by atoms with van der Waals surface area (Å²) in [4.78, 5) is 11.0. The number of fused-ring (bicyclic) bond motifs is 1. The highest BCUT2D eigenvalue weighted by Gasteiger charge is 2.25. The second kappa shape index (κ2) is 3.68. The number of nitrogens with zero attached hydrogens (tertiary/aromatic N) is 2. The Morgan fingerprint density at radius 1 is 1.40 bits per heavy atom. The van der Waals surface area contributed by atoms with Crippen molar-refractivity contribution in [3.8, 4) is 0 Å². The van der Waals surface area contributed by atoms with E-state index in [-0.39, 0.29) is 11.7 Å². The average Bonchev–Trinajstić information content (AvgIpc) is 2.56. The zero-order chi connectivity index (χ0) is 11.0. The molecule has 0 fully saturated rings. The molecule has 1 heterocycles. The lowest BCUT2D eigenvalue weighted by Crippen LogP contribution is -2.11. The fourth-order valence-electron chi connectivity index (χ4n) is 2.22. The van der Waals surface area contributed by atoms with E-state index in [4.69, 9.17) is 5.11 Å². The summed E-state index contributed by atoms with van der Waals surface area (Å²) in [6.07, 6.45) is 4.05. The molecule has 82 valence electrons. The van der Waals surface area contributed by atoms with Gasteiger partial charge in [0.15, 0.2) is 5.69 Å². The highest BCUT2D eigenvalue weighted by Crippen LogP contribution is 2.26. The fraction of sp³-hybridized carbons (Fsp3) is 0.636. The molecule has 0 spiro atoms. The second-order valence-corrected chi connectivity index (χ2v) is 4.32. The number of carbonyl (C=O) groups is 1. The summed E-state index contributed by atoms with van der Waals surface area (Å²) in [7, 11) is 0. The van der Waals surface area contributed by atoms with E-state index in [1.165, 1.54) is 0 Å². The molecule has 2 rings (SSSR count). The topological polar surface area (TPSA) is 55.1 Å². The number of carboxylic acid groups (broad SMARTS) is 1. The van der Waals surface area contributed by atoms with E-state index in [2.05, 4.69) is 5.10 Å². The second-order valence-electron chi connectivity index (χ2n) is 4.32. The van der Waals surface area contributed by atoms with Gasteiger partial charge in [-0.3, -0.25) is 4.68 Å². The summed E-state index contributed by atoms with van der Waals surface area (Å²) < 4.78 is 1.87. The van der Waals surface area contributed by atoms with Crippen molar-refractivity contribution in [2.45, 2.75) is 45.6 Å². The Labute approximate surface area is 88.9 Å². The summed E-state index contributed by atoms with van der Waals surface area (Å²) in [6, 6.07) is 0.241. The number of hydrogen-bond donors (Lipinski definition) is 1. The van der Waals surface area contributed by atoms with Crippen LogP contribution < -0.4 is 0 Å². The van der Waals surface area contributed by atoms with Gasteiger partial charge in [0.1, 0.15) is 0 Å². The SMILES string of the molecule is CC(C)n1nc(C(=O)O)c2c1CCCC2. The minimum Gasteiger partial charge on any atom is -0.476 e. The molecule has 1 aliphatic rings. The quantitative estimate of drug-likeness (QED) is 0.809. The number of aromatic carboxylic acids is 1. The van der Waals surface area contributed by atoms with Crippen molar-refractivity contribution < 1.29 is 9.90 Å². The van der Waals surface area contributed by atoms with Crippen LogP contribution in [-0.4, -0.2) is 20.9 Å². The number of hydrogen-bond acceptors (Lipinski definition) is 2. The third kappa shape index (κ3) is 1.64. The molecule has 0 saturated carbocycles. The molecule has 4 heteroatoms. The van der Waals surface area contributed by atoms with Crippen molar-refractivity contribution in [2.75, 3.05) is 0 Å². The average molecular weight is 208 g/mol. The van der Waals surface area contributed by atoms with Crippen LogP contribution in [0.2, 0.25) is 0 Å². The molecule has 0 aliphatic heterocycles. The van der Waals surface area contributed by atoms with Crippen LogP contribution in [0.15, 0.2) is 0 Å². The van der Waals surface area contributed by atoms with Crippen LogP contribution in [0.25, 0.3) is 0 Å². The normalized spacial score (nSPS) is 15.4. The summed E-state index contributed by atoms with van der Waals surface area (Å²) in [5.74, 6) is -0.896. The molecular formula is C11H16N2O2. The lowest BCUT2D eigenvalue weighted by atomic mass is 9.95. The maximum absolute atomic E-state index is 11.0. The molecule has 1 aliphatic carbocycles. The highest BCUT2D eigenvalue weighted by molar-refractivity contribution is 5.87. The van der Waals surface area contributed by atoms with Crippen LogP contribution in [-0.2, 0) is 12.8 Å². The summed E-state index contributed by atoms with van der Waals surface area (Å²) in [5.41, 5.74) is 2.36. The fourth-order valence-corrected chi connectivity index (χ4v) is 2.22. The van der Waals surface area contributed by atoms with Crippen molar-refractivity contribution in [3.05, 3.63) is 17.0 Å². The number of rotatable bonds is 2. The molecule has 0 radical (unpaired) electrons. The molecule has 0 unspecified atom stereocenters. The molecular weight excluding hydrogens is 192 g/mol. The van der Waals surface area contributed by atoms with Crippen LogP contribution in [0.5, 0.6) is 0 Å². The third-order valence-corrected chi connectivity index (χ3v) is 2.90. The Bertz CT molecular complexity index is 394. The minimum absolute atomic E-state index is 0.241. The molecule has 1 N–H and O–H groups in total. The maximum atomic E-state index is 11.0. The van der Waals surface area contributed by atoms with Gasteiger partial charge in [-0.2, -0.15) is 5.10 Å². The number of aromatic nitrogens is 2. The van der Waals surface area contributed by atoms with Crippen LogP contribution in [0.4, 0.5) is 0 Å². The van der Waals surface area contributed by atoms with Gasteiger partial charge in [0.2, 0.25) is 0 Å². The van der Waals surface area contributed by atoms with E-state index < -0.39 is 5.97 Å². The molecule has 0 saturated heterocycles. The predicted octanol–water partition coefficient (Wildman–Crippen LogP) is 2.04. The largest absolute Gasteiger partial charge is 0.476 e. The smallest absolute Gasteiger partial charge is 0.356 e. The first kappa shape index (κ1) is 10.2. The van der Waals surface area contributed by atoms with Crippen LogP contribution in [0.1, 0.15) is 54.5 Å². The minimum atomic E-state index is -0.896. The Morgan fingerprint density at radius 3 is 2.67 bits per heavy atom. The molecule has 1 aromatic heterocycles. The Hall–Kier alpha value is -1.32. The zero-order valence-corrected chi connectivity index (χ0v) is 9.16. The van der Waals surface area contributed by atoms with Gasteiger partial charge in [-0.1, -0.05) is 0 Å². The first-order valence-electron chi connectivity index (χ1n) is 5.44. The molecule has 15 heavy (non-hydrogen) atoms. The van der Waals surface area contributed by atoms with Crippen molar-refractivity contribution in [1.82, 2.24) is 9.78 Å². The van der Waals surface area contributed by atoms with E-state index in [0.29, 0.717) is 0 Å². The van der Waals surface area contributed by atoms with E-state index in [0.717, 1.165) is 36.9 Å². The van der Waals surface area contributed by atoms with Gasteiger partial charge in [0.25, 0.3) is 0 Å². The van der Waals surface area contributed by atoms with Crippen molar-refractivity contribution in [1.29, 1.82) is 0 Å². The predicted molar refractivity (Wildman–Crippen MR) is 56.2 cm³/mol. The summed E-state index contributed by atoms with van der Waals surface area (Å²) in [5, 5.41) is 13.3. The molecule has 0 atom stereocenters. The zero-order valence-electron chi connectivity index (χ0n) is 9.16. The van der Waals surface area contributed by atoms with Gasteiger partial charge in [0.05, 0.1) is 0 Å². The monoisotopic (exact) mass is 208 g/mol. The lowest BCUT2D eigenvalue weighted by molar-refractivity contribution is 0.0688. The van der Waals surface area contributed by atoms with Crippen LogP contribution in [0.3, 0.4) is 0 Å². The van der Waals surface area contributed by atoms with Gasteiger partial charge >= 0.3 is 5.97 Å². The maximum Gasteiger partial charge on any atom is 0.356 e. The molecule has 4 nitrogen and oxygen atoms in total. The van der Waals surface area contributed by atoms with Crippen LogP contribution >= 0.6 is 0 Å². The van der Waals surface area contributed by atoms with Gasteiger partial charge in [-0.05, 0) is 39.5 Å². The molecule has 1 aromatic rings. The van der Waals surface area contributed by atoms with E-state index in [9.17, 15) is 4.79 Å².